The molecule has 0 atom stereocenters. The lowest BCUT2D eigenvalue weighted by Gasteiger charge is -2.21. The second kappa shape index (κ2) is 15.8. The van der Waals surface area contributed by atoms with Crippen molar-refractivity contribution >= 4 is 5.82 Å². The van der Waals surface area contributed by atoms with Crippen molar-refractivity contribution in [3.8, 4) is 0 Å². The molecule has 0 radical (unpaired) electrons. The number of hydrogen-bond acceptors (Lipinski definition) is 3. The fourth-order valence-electron chi connectivity index (χ4n) is 2.97. The Balaban J connectivity index is 0.000000451. The Morgan fingerprint density at radius 3 is 1.93 bits per heavy atom. The first kappa shape index (κ1) is 25.8. The van der Waals surface area contributed by atoms with Gasteiger partial charge in [0.05, 0.1) is 0 Å². The molecule has 2 aliphatic rings. The van der Waals surface area contributed by atoms with E-state index in [1.807, 2.05) is 33.9 Å². The second-order valence-corrected chi connectivity index (χ2v) is 6.72. The largest absolute Gasteiger partial charge is 0.357 e. The molecule has 0 aliphatic carbocycles. The Bertz CT molecular complexity index is 437. The van der Waals surface area contributed by atoms with Crippen molar-refractivity contribution in [2.75, 3.05) is 31.1 Å². The lowest BCUT2D eigenvalue weighted by molar-refractivity contribution is 0.0600. The summed E-state index contributed by atoms with van der Waals surface area (Å²) in [5.74, 6) is 1.38. The molecule has 1 aromatic heterocycles. The highest BCUT2D eigenvalue weighted by molar-refractivity contribution is 5.40. The van der Waals surface area contributed by atoms with Gasteiger partial charge in [-0.05, 0) is 56.3 Å². The van der Waals surface area contributed by atoms with Gasteiger partial charge in [0.25, 0.3) is 0 Å². The molecule has 158 valence electrons. The normalized spacial score (nSPS) is 16.7. The fraction of sp³-hybridized carbons (Fsp3) is 0.773. The maximum atomic E-state index is 11.9. The Morgan fingerprint density at radius 2 is 1.56 bits per heavy atom. The fourth-order valence-corrected chi connectivity index (χ4v) is 2.97. The van der Waals surface area contributed by atoms with Crippen LogP contribution < -0.4 is 10.2 Å². The van der Waals surface area contributed by atoms with Gasteiger partial charge in [0.2, 0.25) is 6.43 Å². The van der Waals surface area contributed by atoms with Crippen LogP contribution in [0.3, 0.4) is 0 Å². The molecule has 27 heavy (non-hydrogen) atoms. The first-order valence-electron chi connectivity index (χ1n) is 10.8. The number of piperidine rings is 1. The Kier molecular flexibility index (Phi) is 15.1. The van der Waals surface area contributed by atoms with Crippen LogP contribution in [0.25, 0.3) is 0 Å². The van der Waals surface area contributed by atoms with Gasteiger partial charge < -0.3 is 10.2 Å². The van der Waals surface area contributed by atoms with Gasteiger partial charge in [-0.1, -0.05) is 47.6 Å². The summed E-state index contributed by atoms with van der Waals surface area (Å²) in [6, 6.07) is 4.35. The molecular weight excluding hydrogens is 344 g/mol. The number of aromatic nitrogens is 1. The highest BCUT2D eigenvalue weighted by atomic mass is 19.3. The molecule has 1 aromatic rings. The molecule has 2 fully saturated rings. The van der Waals surface area contributed by atoms with Crippen LogP contribution in [0.4, 0.5) is 14.6 Å². The van der Waals surface area contributed by atoms with Crippen molar-refractivity contribution < 1.29 is 8.78 Å². The Morgan fingerprint density at radius 1 is 1.00 bits per heavy atom. The lowest BCUT2D eigenvalue weighted by Crippen LogP contribution is -2.30. The van der Waals surface area contributed by atoms with Gasteiger partial charge >= 0.3 is 0 Å². The number of halogens is 2. The van der Waals surface area contributed by atoms with E-state index in [1.54, 1.807) is 0 Å². The molecule has 0 saturated carbocycles. The summed E-state index contributed by atoms with van der Waals surface area (Å²) in [6.45, 7) is 16.3. The topological polar surface area (TPSA) is 28.2 Å². The number of alkyl halides is 2. The summed E-state index contributed by atoms with van der Waals surface area (Å²) in [6.07, 6.45) is 3.81. The highest BCUT2D eigenvalue weighted by Gasteiger charge is 2.21. The van der Waals surface area contributed by atoms with Crippen LogP contribution >= 0.6 is 0 Å². The molecule has 0 unspecified atom stereocenters. The van der Waals surface area contributed by atoms with E-state index in [0.29, 0.717) is 18.8 Å². The zero-order valence-electron chi connectivity index (χ0n) is 18.3. The Hall–Kier alpha value is -1.23. The molecule has 3 nitrogen and oxygen atoms in total. The molecule has 0 bridgehead atoms. The monoisotopic (exact) mass is 385 g/mol. The van der Waals surface area contributed by atoms with Crippen molar-refractivity contribution in [3.63, 3.8) is 0 Å². The van der Waals surface area contributed by atoms with Gasteiger partial charge in [-0.3, -0.25) is 0 Å². The van der Waals surface area contributed by atoms with E-state index in [9.17, 15) is 8.78 Å². The first-order valence-corrected chi connectivity index (χ1v) is 10.8. The summed E-state index contributed by atoms with van der Waals surface area (Å²) < 4.78 is 23.8. The zero-order chi connectivity index (χ0) is 20.7. The average molecular weight is 386 g/mol. The van der Waals surface area contributed by atoms with Crippen LogP contribution in [-0.4, -0.2) is 37.6 Å². The van der Waals surface area contributed by atoms with Crippen LogP contribution in [0.5, 0.6) is 0 Å². The molecule has 3 rings (SSSR count). The Labute approximate surface area is 166 Å². The molecule has 0 aromatic carbocycles. The third-order valence-corrected chi connectivity index (χ3v) is 4.61. The van der Waals surface area contributed by atoms with Gasteiger partial charge in [-0.25, -0.2) is 13.8 Å². The minimum atomic E-state index is -2.10. The number of pyridine rings is 1. The van der Waals surface area contributed by atoms with Gasteiger partial charge in [-0.2, -0.15) is 0 Å². The van der Waals surface area contributed by atoms with Gasteiger partial charge in [-0.15, -0.1) is 0 Å². The number of hydrogen-bond donors (Lipinski definition) is 1. The zero-order valence-corrected chi connectivity index (χ0v) is 18.3. The van der Waals surface area contributed by atoms with Crippen molar-refractivity contribution in [1.82, 2.24) is 10.3 Å². The predicted molar refractivity (Wildman–Crippen MR) is 114 cm³/mol. The molecular formula is C22H41F2N3. The number of anilines is 1. The van der Waals surface area contributed by atoms with Gasteiger partial charge in [0.15, 0.2) is 0 Å². The van der Waals surface area contributed by atoms with Crippen LogP contribution in [-0.2, 0) is 0 Å². The first-order chi connectivity index (χ1) is 13.1. The van der Waals surface area contributed by atoms with Gasteiger partial charge in [0, 0.05) is 25.2 Å². The SMILES string of the molecule is CC.CC.CC(C)c1ccc(N2CCCC2)nc1.FC(F)C1CCNCC1. The van der Waals surface area contributed by atoms with E-state index in [2.05, 4.69) is 41.2 Å². The summed E-state index contributed by atoms with van der Waals surface area (Å²) in [5.41, 5.74) is 1.33. The molecule has 1 N–H and O–H groups in total. The van der Waals surface area contributed by atoms with E-state index in [4.69, 9.17) is 0 Å². The third-order valence-electron chi connectivity index (χ3n) is 4.61. The number of nitrogens with one attached hydrogen (secondary N) is 1. The molecule has 2 saturated heterocycles. The summed E-state index contributed by atoms with van der Waals surface area (Å²) in [7, 11) is 0. The molecule has 2 aliphatic heterocycles. The maximum absolute atomic E-state index is 11.9. The summed E-state index contributed by atoms with van der Waals surface area (Å²) in [5, 5.41) is 3.04. The van der Waals surface area contributed by atoms with Crippen molar-refractivity contribution in [2.45, 2.75) is 79.6 Å². The third kappa shape index (κ3) is 10.0. The van der Waals surface area contributed by atoms with Crippen LogP contribution in [0.2, 0.25) is 0 Å². The quantitative estimate of drug-likeness (QED) is 0.680. The molecule has 0 amide bonds. The number of rotatable bonds is 3. The minimum Gasteiger partial charge on any atom is -0.357 e. The summed E-state index contributed by atoms with van der Waals surface area (Å²) in [4.78, 5) is 6.87. The number of nitrogens with zero attached hydrogens (tertiary/aromatic N) is 2. The van der Waals surface area contributed by atoms with Crippen LogP contribution in [0.15, 0.2) is 18.3 Å². The second-order valence-electron chi connectivity index (χ2n) is 6.72. The van der Waals surface area contributed by atoms with E-state index >= 15 is 0 Å². The van der Waals surface area contributed by atoms with Crippen LogP contribution in [0.1, 0.15) is 78.7 Å². The standard InChI is InChI=1S/C12H18N2.C6H11F2N.2C2H6/c1-10(2)11-5-6-12(13-9-11)14-7-3-4-8-14;7-6(8)5-1-3-9-4-2-5;2*1-2/h5-6,9-10H,3-4,7-8H2,1-2H3;5-6,9H,1-4H2;2*1-2H3. The lowest BCUT2D eigenvalue weighted by atomic mass is 9.99. The van der Waals surface area contributed by atoms with E-state index in [0.717, 1.165) is 18.9 Å². The van der Waals surface area contributed by atoms with E-state index in [-0.39, 0.29) is 5.92 Å². The smallest absolute Gasteiger partial charge is 0.241 e. The maximum Gasteiger partial charge on any atom is 0.241 e. The van der Waals surface area contributed by atoms with Crippen LogP contribution in [0, 0.1) is 5.92 Å². The molecule has 5 heteroatoms. The minimum absolute atomic E-state index is 0.341. The van der Waals surface area contributed by atoms with E-state index in [1.165, 1.54) is 31.5 Å². The van der Waals surface area contributed by atoms with Crippen molar-refractivity contribution in [3.05, 3.63) is 23.9 Å². The predicted octanol–water partition coefficient (Wildman–Crippen LogP) is 6.11. The molecule has 0 spiro atoms. The van der Waals surface area contributed by atoms with Crippen molar-refractivity contribution in [1.29, 1.82) is 0 Å². The highest BCUT2D eigenvalue weighted by Crippen LogP contribution is 2.20. The average Bonchev–Trinajstić information content (AvgIpc) is 3.27. The molecule has 3 heterocycles. The van der Waals surface area contributed by atoms with Gasteiger partial charge in [0.1, 0.15) is 5.82 Å². The summed E-state index contributed by atoms with van der Waals surface area (Å²) >= 11 is 0. The van der Waals surface area contributed by atoms with E-state index < -0.39 is 6.43 Å². The van der Waals surface area contributed by atoms with Crippen molar-refractivity contribution in [2.24, 2.45) is 5.92 Å².